The molecule has 1 aliphatic carbocycles. The van der Waals surface area contributed by atoms with Crippen molar-refractivity contribution in [3.8, 4) is 6.07 Å². The van der Waals surface area contributed by atoms with E-state index in [-0.39, 0.29) is 12.6 Å². The van der Waals surface area contributed by atoms with Crippen LogP contribution in [0.1, 0.15) is 26.2 Å². The maximum absolute atomic E-state index is 8.80. The van der Waals surface area contributed by atoms with E-state index in [2.05, 4.69) is 11.0 Å². The third kappa shape index (κ3) is 1.96. The fourth-order valence-corrected chi connectivity index (χ4v) is 1.60. The van der Waals surface area contributed by atoms with Crippen LogP contribution in [0.5, 0.6) is 0 Å². The highest BCUT2D eigenvalue weighted by atomic mass is 16.3. The Morgan fingerprint density at radius 2 is 2.33 bits per heavy atom. The summed E-state index contributed by atoms with van der Waals surface area (Å²) in [6, 6.07) is 2.71. The van der Waals surface area contributed by atoms with Gasteiger partial charge in [-0.3, -0.25) is 4.90 Å². The topological polar surface area (TPSA) is 47.3 Å². The molecule has 1 fully saturated rings. The highest BCUT2D eigenvalue weighted by molar-refractivity contribution is 4.93. The van der Waals surface area contributed by atoms with Gasteiger partial charge in [0, 0.05) is 12.6 Å². The Hall–Kier alpha value is -0.590. The Morgan fingerprint density at radius 3 is 2.67 bits per heavy atom. The van der Waals surface area contributed by atoms with Gasteiger partial charge < -0.3 is 5.11 Å². The van der Waals surface area contributed by atoms with E-state index in [1.54, 1.807) is 0 Å². The van der Waals surface area contributed by atoms with Gasteiger partial charge in [-0.05, 0) is 19.8 Å². The lowest BCUT2D eigenvalue weighted by Crippen LogP contribution is -2.46. The van der Waals surface area contributed by atoms with Crippen LogP contribution in [0.2, 0.25) is 0 Å². The fraction of sp³-hybridized carbons (Fsp3) is 0.889. The fourth-order valence-electron chi connectivity index (χ4n) is 1.60. The lowest BCUT2D eigenvalue weighted by Gasteiger charge is -2.38. The monoisotopic (exact) mass is 168 g/mol. The van der Waals surface area contributed by atoms with E-state index in [1.165, 1.54) is 19.3 Å². The van der Waals surface area contributed by atoms with Crippen LogP contribution in [-0.2, 0) is 0 Å². The van der Waals surface area contributed by atoms with Crippen molar-refractivity contribution in [3.05, 3.63) is 0 Å². The summed E-state index contributed by atoms with van der Waals surface area (Å²) < 4.78 is 0. The quantitative estimate of drug-likeness (QED) is 0.673. The van der Waals surface area contributed by atoms with Gasteiger partial charge in [0.15, 0.2) is 0 Å². The van der Waals surface area contributed by atoms with Crippen molar-refractivity contribution in [2.24, 2.45) is 0 Å². The highest BCUT2D eigenvalue weighted by Gasteiger charge is 2.27. The smallest absolute Gasteiger partial charge is 0.0952 e. The van der Waals surface area contributed by atoms with E-state index in [1.807, 2.05) is 6.92 Å². The van der Waals surface area contributed by atoms with E-state index >= 15 is 0 Å². The summed E-state index contributed by atoms with van der Waals surface area (Å²) in [5.41, 5.74) is 0. The first-order valence-electron chi connectivity index (χ1n) is 4.55. The number of aliphatic hydroxyl groups is 1. The van der Waals surface area contributed by atoms with Gasteiger partial charge in [0.25, 0.3) is 0 Å². The standard InChI is InChI=1S/C9H16N2O/c1-8(7-10)11(5-6-12)9-3-2-4-9/h8-9,12H,2-6H2,1H3. The number of nitriles is 1. The summed E-state index contributed by atoms with van der Waals surface area (Å²) in [6.07, 6.45) is 3.64. The maximum Gasteiger partial charge on any atom is 0.0952 e. The van der Waals surface area contributed by atoms with Crippen LogP contribution in [0.4, 0.5) is 0 Å². The average molecular weight is 168 g/mol. The van der Waals surface area contributed by atoms with Gasteiger partial charge >= 0.3 is 0 Å². The van der Waals surface area contributed by atoms with Crippen molar-refractivity contribution >= 4 is 0 Å². The third-order valence-corrected chi connectivity index (χ3v) is 2.59. The van der Waals surface area contributed by atoms with Gasteiger partial charge in [-0.2, -0.15) is 5.26 Å². The molecule has 1 rings (SSSR count). The van der Waals surface area contributed by atoms with E-state index in [0.29, 0.717) is 12.6 Å². The Labute approximate surface area is 73.6 Å². The van der Waals surface area contributed by atoms with Crippen LogP contribution in [0.3, 0.4) is 0 Å². The van der Waals surface area contributed by atoms with Crippen LogP contribution in [0.15, 0.2) is 0 Å². The van der Waals surface area contributed by atoms with Crippen molar-refractivity contribution in [3.63, 3.8) is 0 Å². The van der Waals surface area contributed by atoms with E-state index in [9.17, 15) is 0 Å². The SMILES string of the molecule is CC(C#N)N(CCO)C1CCC1. The minimum absolute atomic E-state index is 0.0533. The predicted molar refractivity (Wildman–Crippen MR) is 46.5 cm³/mol. The number of nitrogens with zero attached hydrogens (tertiary/aromatic N) is 2. The molecule has 0 bridgehead atoms. The molecule has 0 aromatic heterocycles. The minimum Gasteiger partial charge on any atom is -0.395 e. The number of aliphatic hydroxyl groups excluding tert-OH is 1. The summed E-state index contributed by atoms with van der Waals surface area (Å²) in [6.45, 7) is 2.69. The number of hydrogen-bond acceptors (Lipinski definition) is 3. The van der Waals surface area contributed by atoms with Crippen molar-refractivity contribution in [1.29, 1.82) is 5.26 Å². The van der Waals surface area contributed by atoms with E-state index < -0.39 is 0 Å². The molecule has 0 amide bonds. The molecule has 0 radical (unpaired) electrons. The molecule has 3 nitrogen and oxygen atoms in total. The molecule has 12 heavy (non-hydrogen) atoms. The first-order chi connectivity index (χ1) is 5.79. The molecule has 1 unspecified atom stereocenters. The summed E-state index contributed by atoms with van der Waals surface area (Å²) in [5.74, 6) is 0. The van der Waals surface area contributed by atoms with Crippen LogP contribution in [0.25, 0.3) is 0 Å². The zero-order chi connectivity index (χ0) is 8.97. The molecule has 1 aliphatic rings. The Balaban J connectivity index is 2.42. The molecular formula is C9H16N2O. The van der Waals surface area contributed by atoms with Crippen LogP contribution in [-0.4, -0.2) is 35.2 Å². The molecule has 0 aromatic carbocycles. The summed E-state index contributed by atoms with van der Waals surface area (Å²) >= 11 is 0. The molecule has 1 saturated carbocycles. The van der Waals surface area contributed by atoms with Crippen molar-refractivity contribution in [1.82, 2.24) is 4.90 Å². The Morgan fingerprint density at radius 1 is 1.67 bits per heavy atom. The van der Waals surface area contributed by atoms with Crippen LogP contribution >= 0.6 is 0 Å². The largest absolute Gasteiger partial charge is 0.395 e. The molecule has 1 N–H and O–H groups in total. The predicted octanol–water partition coefficient (Wildman–Crippen LogP) is 0.745. The molecule has 0 spiro atoms. The van der Waals surface area contributed by atoms with Gasteiger partial charge in [-0.15, -0.1) is 0 Å². The van der Waals surface area contributed by atoms with Gasteiger partial charge in [0.1, 0.15) is 0 Å². The van der Waals surface area contributed by atoms with E-state index in [4.69, 9.17) is 10.4 Å². The number of hydrogen-bond donors (Lipinski definition) is 1. The minimum atomic E-state index is -0.0533. The molecule has 0 aromatic rings. The average Bonchev–Trinajstić information content (AvgIpc) is 1.99. The van der Waals surface area contributed by atoms with Crippen LogP contribution < -0.4 is 0 Å². The second-order valence-corrected chi connectivity index (χ2v) is 3.35. The number of rotatable bonds is 4. The van der Waals surface area contributed by atoms with Gasteiger partial charge in [0.2, 0.25) is 0 Å². The van der Waals surface area contributed by atoms with E-state index in [0.717, 1.165) is 0 Å². The maximum atomic E-state index is 8.80. The Bertz CT molecular complexity index is 172. The molecular weight excluding hydrogens is 152 g/mol. The lowest BCUT2D eigenvalue weighted by atomic mass is 9.90. The molecule has 3 heteroatoms. The zero-order valence-electron chi connectivity index (χ0n) is 7.53. The van der Waals surface area contributed by atoms with Crippen LogP contribution in [0, 0.1) is 11.3 Å². The van der Waals surface area contributed by atoms with Gasteiger partial charge in [0.05, 0.1) is 18.7 Å². The zero-order valence-corrected chi connectivity index (χ0v) is 7.53. The molecule has 0 saturated heterocycles. The second-order valence-electron chi connectivity index (χ2n) is 3.35. The third-order valence-electron chi connectivity index (χ3n) is 2.59. The highest BCUT2D eigenvalue weighted by Crippen LogP contribution is 2.25. The second kappa shape index (κ2) is 4.44. The van der Waals surface area contributed by atoms with Crippen molar-refractivity contribution in [2.45, 2.75) is 38.3 Å². The van der Waals surface area contributed by atoms with Crippen molar-refractivity contribution in [2.75, 3.05) is 13.2 Å². The normalized spacial score (nSPS) is 20.2. The summed E-state index contributed by atoms with van der Waals surface area (Å²) in [7, 11) is 0. The first kappa shape index (κ1) is 9.50. The van der Waals surface area contributed by atoms with Crippen molar-refractivity contribution < 1.29 is 5.11 Å². The summed E-state index contributed by atoms with van der Waals surface area (Å²) in [5, 5.41) is 17.5. The Kier molecular flexibility index (Phi) is 3.51. The molecule has 68 valence electrons. The summed E-state index contributed by atoms with van der Waals surface area (Å²) in [4.78, 5) is 2.10. The lowest BCUT2D eigenvalue weighted by molar-refractivity contribution is 0.0855. The molecule has 0 aliphatic heterocycles. The molecule has 0 heterocycles. The van der Waals surface area contributed by atoms with Gasteiger partial charge in [-0.1, -0.05) is 6.42 Å². The first-order valence-corrected chi connectivity index (χ1v) is 4.55. The van der Waals surface area contributed by atoms with Gasteiger partial charge in [-0.25, -0.2) is 0 Å². The molecule has 1 atom stereocenters.